The Bertz CT molecular complexity index is 690. The summed E-state index contributed by atoms with van der Waals surface area (Å²) in [5.41, 5.74) is 0.778. The van der Waals surface area contributed by atoms with Crippen LogP contribution < -0.4 is 5.32 Å². The number of carbonyl (C=O) groups excluding carboxylic acids is 1. The average Bonchev–Trinajstić information content (AvgIpc) is 2.70. The molecule has 2 N–H and O–H groups in total. The van der Waals surface area contributed by atoms with E-state index in [1.54, 1.807) is 6.07 Å². The highest BCUT2D eigenvalue weighted by Gasteiger charge is 2.24. The van der Waals surface area contributed by atoms with Crippen LogP contribution in [0.15, 0.2) is 24.3 Å². The first-order chi connectivity index (χ1) is 8.39. The quantitative estimate of drug-likeness (QED) is 0.865. The van der Waals surface area contributed by atoms with E-state index in [2.05, 4.69) is 15.5 Å². The summed E-state index contributed by atoms with van der Waals surface area (Å²) in [6.07, 6.45) is 1.03. The van der Waals surface area contributed by atoms with Gasteiger partial charge in [0.2, 0.25) is 5.91 Å². The summed E-state index contributed by atoms with van der Waals surface area (Å²) in [6.45, 7) is 1.35. The SMILES string of the molecule is CC(C(=O)Nc1n[nH]c2ccccc12)S(C)(=O)=O. The number of H-pyrrole nitrogens is 1. The minimum atomic E-state index is -3.41. The minimum Gasteiger partial charge on any atom is -0.308 e. The number of fused-ring (bicyclic) bond motifs is 1. The fourth-order valence-corrected chi connectivity index (χ4v) is 1.92. The summed E-state index contributed by atoms with van der Waals surface area (Å²) in [5, 5.41) is 8.85. The lowest BCUT2D eigenvalue weighted by Gasteiger charge is -2.08. The summed E-state index contributed by atoms with van der Waals surface area (Å²) < 4.78 is 22.6. The van der Waals surface area contributed by atoms with Crippen molar-refractivity contribution >= 4 is 32.5 Å². The van der Waals surface area contributed by atoms with Crippen LogP contribution in [-0.4, -0.2) is 36.0 Å². The maximum absolute atomic E-state index is 11.8. The summed E-state index contributed by atoms with van der Waals surface area (Å²) in [7, 11) is -3.41. The number of para-hydroxylation sites is 1. The summed E-state index contributed by atoms with van der Waals surface area (Å²) >= 11 is 0. The van der Waals surface area contributed by atoms with Crippen LogP contribution in [-0.2, 0) is 14.6 Å². The first-order valence-corrected chi connectivity index (χ1v) is 7.28. The number of nitrogens with one attached hydrogen (secondary N) is 2. The maximum atomic E-state index is 11.8. The molecule has 1 atom stereocenters. The third-order valence-electron chi connectivity index (χ3n) is 2.72. The van der Waals surface area contributed by atoms with Crippen molar-refractivity contribution in [3.8, 4) is 0 Å². The van der Waals surface area contributed by atoms with E-state index in [0.29, 0.717) is 5.82 Å². The van der Waals surface area contributed by atoms with Gasteiger partial charge >= 0.3 is 0 Å². The summed E-state index contributed by atoms with van der Waals surface area (Å²) in [4.78, 5) is 11.8. The van der Waals surface area contributed by atoms with Gasteiger partial charge in [-0.3, -0.25) is 9.89 Å². The van der Waals surface area contributed by atoms with Crippen molar-refractivity contribution in [3.63, 3.8) is 0 Å². The number of aromatic nitrogens is 2. The molecule has 2 aromatic rings. The second kappa shape index (κ2) is 4.41. The number of hydrogen-bond acceptors (Lipinski definition) is 4. The molecule has 0 fully saturated rings. The maximum Gasteiger partial charge on any atom is 0.243 e. The molecule has 1 heterocycles. The molecule has 0 saturated carbocycles. The van der Waals surface area contributed by atoms with Gasteiger partial charge in [0.05, 0.1) is 5.52 Å². The number of hydrogen-bond donors (Lipinski definition) is 2. The van der Waals surface area contributed by atoms with Crippen molar-refractivity contribution in [1.82, 2.24) is 10.2 Å². The first-order valence-electron chi connectivity index (χ1n) is 5.32. The Morgan fingerprint density at radius 1 is 1.39 bits per heavy atom. The fourth-order valence-electron chi connectivity index (χ4n) is 1.47. The largest absolute Gasteiger partial charge is 0.308 e. The molecule has 0 aliphatic rings. The van der Waals surface area contributed by atoms with Crippen LogP contribution in [0, 0.1) is 0 Å². The van der Waals surface area contributed by atoms with E-state index in [-0.39, 0.29) is 0 Å². The number of carbonyl (C=O) groups is 1. The van der Waals surface area contributed by atoms with Gasteiger partial charge in [-0.05, 0) is 19.1 Å². The average molecular weight is 267 g/mol. The highest BCUT2D eigenvalue weighted by atomic mass is 32.2. The van der Waals surface area contributed by atoms with Crippen molar-refractivity contribution in [1.29, 1.82) is 0 Å². The Balaban J connectivity index is 2.27. The Kier molecular flexibility index (Phi) is 3.08. The summed E-state index contributed by atoms with van der Waals surface area (Å²) in [5.74, 6) is -0.249. The zero-order valence-electron chi connectivity index (χ0n) is 9.97. The predicted octanol–water partition coefficient (Wildman–Crippen LogP) is 0.934. The lowest BCUT2D eigenvalue weighted by Crippen LogP contribution is -2.31. The highest BCUT2D eigenvalue weighted by molar-refractivity contribution is 7.92. The van der Waals surface area contributed by atoms with Gasteiger partial charge in [0.15, 0.2) is 15.7 Å². The van der Waals surface area contributed by atoms with Gasteiger partial charge in [-0.15, -0.1) is 0 Å². The van der Waals surface area contributed by atoms with E-state index in [9.17, 15) is 13.2 Å². The van der Waals surface area contributed by atoms with E-state index in [1.165, 1.54) is 6.92 Å². The van der Waals surface area contributed by atoms with Crippen LogP contribution in [0.2, 0.25) is 0 Å². The van der Waals surface area contributed by atoms with E-state index in [1.807, 2.05) is 18.2 Å². The number of nitrogens with zero attached hydrogens (tertiary/aromatic N) is 1. The van der Waals surface area contributed by atoms with Gasteiger partial charge in [-0.25, -0.2) is 8.42 Å². The van der Waals surface area contributed by atoms with Crippen molar-refractivity contribution in [2.45, 2.75) is 12.2 Å². The van der Waals surface area contributed by atoms with Crippen LogP contribution in [0.5, 0.6) is 0 Å². The van der Waals surface area contributed by atoms with Gasteiger partial charge in [-0.1, -0.05) is 12.1 Å². The number of amides is 1. The molecule has 7 heteroatoms. The van der Waals surface area contributed by atoms with Crippen LogP contribution in [0.4, 0.5) is 5.82 Å². The molecular weight excluding hydrogens is 254 g/mol. The molecule has 1 aromatic heterocycles. The lowest BCUT2D eigenvalue weighted by atomic mass is 10.2. The fraction of sp³-hybridized carbons (Fsp3) is 0.273. The smallest absolute Gasteiger partial charge is 0.243 e. The zero-order valence-corrected chi connectivity index (χ0v) is 10.8. The van der Waals surface area contributed by atoms with Crippen LogP contribution in [0.1, 0.15) is 6.92 Å². The van der Waals surface area contributed by atoms with E-state index < -0.39 is 21.0 Å². The molecule has 18 heavy (non-hydrogen) atoms. The second-order valence-electron chi connectivity index (χ2n) is 4.08. The first kappa shape index (κ1) is 12.6. The Morgan fingerprint density at radius 3 is 2.72 bits per heavy atom. The van der Waals surface area contributed by atoms with Crippen molar-refractivity contribution in [2.75, 3.05) is 11.6 Å². The molecule has 96 valence electrons. The zero-order chi connectivity index (χ0) is 13.3. The Morgan fingerprint density at radius 2 is 2.06 bits per heavy atom. The molecule has 1 amide bonds. The molecule has 0 radical (unpaired) electrons. The topological polar surface area (TPSA) is 91.9 Å². The van der Waals surface area contributed by atoms with Gasteiger partial charge < -0.3 is 5.32 Å². The third kappa shape index (κ3) is 2.35. The Labute approximate surface area is 104 Å². The number of benzene rings is 1. The van der Waals surface area contributed by atoms with E-state index in [4.69, 9.17) is 0 Å². The minimum absolute atomic E-state index is 0.339. The molecule has 2 rings (SSSR count). The molecule has 0 aliphatic carbocycles. The third-order valence-corrected chi connectivity index (χ3v) is 4.22. The van der Waals surface area contributed by atoms with Gasteiger partial charge in [0.1, 0.15) is 5.25 Å². The van der Waals surface area contributed by atoms with Crippen LogP contribution >= 0.6 is 0 Å². The van der Waals surface area contributed by atoms with Gasteiger partial charge in [0.25, 0.3) is 0 Å². The molecule has 0 spiro atoms. The number of rotatable bonds is 3. The number of anilines is 1. The van der Waals surface area contributed by atoms with E-state index >= 15 is 0 Å². The van der Waals surface area contributed by atoms with E-state index in [0.717, 1.165) is 17.2 Å². The molecular formula is C11H13N3O3S. The van der Waals surface area contributed by atoms with Crippen LogP contribution in [0.25, 0.3) is 10.9 Å². The number of sulfone groups is 1. The second-order valence-corrected chi connectivity index (χ2v) is 6.44. The predicted molar refractivity (Wildman–Crippen MR) is 69.0 cm³/mol. The molecule has 1 aromatic carbocycles. The highest BCUT2D eigenvalue weighted by Crippen LogP contribution is 2.19. The normalized spacial score (nSPS) is 13.4. The monoisotopic (exact) mass is 267 g/mol. The molecule has 6 nitrogen and oxygen atoms in total. The molecule has 0 aliphatic heterocycles. The summed E-state index contributed by atoms with van der Waals surface area (Å²) in [6, 6.07) is 7.26. The standard InChI is InChI=1S/C11H13N3O3S/c1-7(18(2,16)17)11(15)12-10-8-5-3-4-6-9(8)13-14-10/h3-7H,1-2H3,(H2,12,13,14,15). The number of aromatic amines is 1. The molecule has 0 bridgehead atoms. The lowest BCUT2D eigenvalue weighted by molar-refractivity contribution is -0.115. The van der Waals surface area contributed by atoms with Crippen molar-refractivity contribution < 1.29 is 13.2 Å². The molecule has 0 saturated heterocycles. The van der Waals surface area contributed by atoms with Crippen molar-refractivity contribution in [2.24, 2.45) is 0 Å². The van der Waals surface area contributed by atoms with Gasteiger partial charge in [0, 0.05) is 11.6 Å². The Hall–Kier alpha value is -1.89. The molecule has 1 unspecified atom stereocenters. The van der Waals surface area contributed by atoms with Gasteiger partial charge in [-0.2, -0.15) is 5.10 Å². The van der Waals surface area contributed by atoms with Crippen molar-refractivity contribution in [3.05, 3.63) is 24.3 Å². The van der Waals surface area contributed by atoms with Crippen LogP contribution in [0.3, 0.4) is 0 Å².